The van der Waals surface area contributed by atoms with Gasteiger partial charge in [0.1, 0.15) is 0 Å². The van der Waals surface area contributed by atoms with Gasteiger partial charge in [-0.25, -0.2) is 0 Å². The van der Waals surface area contributed by atoms with Gasteiger partial charge >= 0.3 is 0 Å². The Bertz CT molecular complexity index is 301. The first-order valence-electron chi connectivity index (χ1n) is 5.29. The first-order valence-corrected chi connectivity index (χ1v) is 6.08. The van der Waals surface area contributed by atoms with Crippen LogP contribution >= 0.6 is 15.9 Å². The van der Waals surface area contributed by atoms with Crippen LogP contribution in [-0.4, -0.2) is 31.1 Å². The van der Waals surface area contributed by atoms with Crippen LogP contribution in [0.3, 0.4) is 0 Å². The molecule has 0 heterocycles. The number of likely N-dealkylation sites (N-methyl/N-ethyl adjacent to an activating group) is 1. The quantitative estimate of drug-likeness (QED) is 0.890. The van der Waals surface area contributed by atoms with Crippen molar-refractivity contribution < 1.29 is 0 Å². The Balaban J connectivity index is 2.47. The van der Waals surface area contributed by atoms with Crippen molar-refractivity contribution in [1.82, 2.24) is 4.90 Å². The van der Waals surface area contributed by atoms with Gasteiger partial charge in [0.15, 0.2) is 0 Å². The van der Waals surface area contributed by atoms with Crippen LogP contribution in [-0.2, 0) is 6.42 Å². The van der Waals surface area contributed by atoms with Crippen molar-refractivity contribution in [3.8, 4) is 0 Å². The highest BCUT2D eigenvalue weighted by Gasteiger charge is 2.07. The summed E-state index contributed by atoms with van der Waals surface area (Å²) < 4.78 is 1.19. The van der Waals surface area contributed by atoms with E-state index in [4.69, 9.17) is 5.73 Å². The molecule has 0 fully saturated rings. The molecule has 0 aliphatic rings. The topological polar surface area (TPSA) is 29.3 Å². The molecule has 0 amide bonds. The van der Waals surface area contributed by atoms with Gasteiger partial charge in [-0.1, -0.05) is 34.1 Å². The fourth-order valence-electron chi connectivity index (χ4n) is 1.40. The summed E-state index contributed by atoms with van der Waals surface area (Å²) >= 11 is 3.56. The fraction of sp³-hybridized carbons (Fsp3) is 0.500. The smallest absolute Gasteiger partial charge is 0.0207 e. The van der Waals surface area contributed by atoms with Gasteiger partial charge in [0.2, 0.25) is 0 Å². The lowest BCUT2D eigenvalue weighted by Crippen LogP contribution is -2.36. The highest BCUT2D eigenvalue weighted by molar-refractivity contribution is 9.10. The zero-order chi connectivity index (χ0) is 11.3. The second-order valence-electron chi connectivity index (χ2n) is 3.91. The average Bonchev–Trinajstić information content (AvgIpc) is 2.26. The van der Waals surface area contributed by atoms with Crippen LogP contribution in [0.4, 0.5) is 0 Å². The summed E-state index contributed by atoms with van der Waals surface area (Å²) in [6, 6.07) is 8.81. The van der Waals surface area contributed by atoms with Crippen LogP contribution in [0.1, 0.15) is 12.5 Å². The van der Waals surface area contributed by atoms with E-state index in [1.54, 1.807) is 0 Å². The monoisotopic (exact) mass is 270 g/mol. The molecular formula is C12H19BrN2. The third-order valence-corrected chi connectivity index (χ3v) is 3.56. The third-order valence-electron chi connectivity index (χ3n) is 2.79. The molecule has 3 heteroatoms. The number of rotatable bonds is 5. The molecule has 0 aliphatic carbocycles. The molecule has 2 N–H and O–H groups in total. The molecule has 0 aromatic heterocycles. The van der Waals surface area contributed by atoms with E-state index < -0.39 is 0 Å². The van der Waals surface area contributed by atoms with Crippen molar-refractivity contribution in [2.24, 2.45) is 5.73 Å². The van der Waals surface area contributed by atoms with E-state index in [9.17, 15) is 0 Å². The van der Waals surface area contributed by atoms with Gasteiger partial charge in [-0.05, 0) is 32.0 Å². The summed E-state index contributed by atoms with van der Waals surface area (Å²) in [5, 5.41) is 0. The molecule has 15 heavy (non-hydrogen) atoms. The number of benzene rings is 1. The maximum atomic E-state index is 5.62. The van der Waals surface area contributed by atoms with Crippen molar-refractivity contribution in [2.45, 2.75) is 19.4 Å². The Morgan fingerprint density at radius 2 is 2.07 bits per heavy atom. The Hall–Kier alpha value is -0.380. The van der Waals surface area contributed by atoms with Crippen molar-refractivity contribution in [3.63, 3.8) is 0 Å². The van der Waals surface area contributed by atoms with Gasteiger partial charge in [-0.2, -0.15) is 0 Å². The fourth-order valence-corrected chi connectivity index (χ4v) is 1.88. The SMILES string of the molecule is CC(CN)N(C)CCc1ccccc1Br. The maximum absolute atomic E-state index is 5.62. The minimum atomic E-state index is 0.451. The maximum Gasteiger partial charge on any atom is 0.0207 e. The summed E-state index contributed by atoms with van der Waals surface area (Å²) in [5.41, 5.74) is 6.98. The van der Waals surface area contributed by atoms with E-state index in [1.165, 1.54) is 10.0 Å². The number of halogens is 1. The molecule has 1 unspecified atom stereocenters. The van der Waals surface area contributed by atoms with E-state index in [1.807, 2.05) is 6.07 Å². The zero-order valence-corrected chi connectivity index (χ0v) is 11.0. The van der Waals surface area contributed by atoms with E-state index in [0.717, 1.165) is 13.0 Å². The predicted molar refractivity (Wildman–Crippen MR) is 69.0 cm³/mol. The molecule has 1 atom stereocenters. The van der Waals surface area contributed by atoms with Gasteiger partial charge < -0.3 is 10.6 Å². The van der Waals surface area contributed by atoms with E-state index in [-0.39, 0.29) is 0 Å². The summed E-state index contributed by atoms with van der Waals surface area (Å²) in [6.07, 6.45) is 1.06. The Morgan fingerprint density at radius 1 is 1.40 bits per heavy atom. The third kappa shape index (κ3) is 3.93. The van der Waals surface area contributed by atoms with Gasteiger partial charge in [0, 0.05) is 23.6 Å². The second-order valence-corrected chi connectivity index (χ2v) is 4.76. The van der Waals surface area contributed by atoms with E-state index in [2.05, 4.69) is 53.0 Å². The van der Waals surface area contributed by atoms with Crippen LogP contribution < -0.4 is 5.73 Å². The molecular weight excluding hydrogens is 252 g/mol. The van der Waals surface area contributed by atoms with Crippen molar-refractivity contribution in [1.29, 1.82) is 0 Å². The van der Waals surface area contributed by atoms with Gasteiger partial charge in [-0.15, -0.1) is 0 Å². The molecule has 0 saturated carbocycles. The summed E-state index contributed by atoms with van der Waals surface area (Å²) in [5.74, 6) is 0. The lowest BCUT2D eigenvalue weighted by molar-refractivity contribution is 0.266. The number of nitrogens with two attached hydrogens (primary N) is 1. The molecule has 1 rings (SSSR count). The zero-order valence-electron chi connectivity index (χ0n) is 9.41. The average molecular weight is 271 g/mol. The first kappa shape index (κ1) is 12.7. The lowest BCUT2D eigenvalue weighted by Gasteiger charge is -2.23. The molecule has 2 nitrogen and oxygen atoms in total. The summed E-state index contributed by atoms with van der Waals surface area (Å²) in [4.78, 5) is 2.29. The standard InChI is InChI=1S/C12H19BrN2/c1-10(9-14)15(2)8-7-11-5-3-4-6-12(11)13/h3-6,10H,7-9,14H2,1-2H3. The van der Waals surface area contributed by atoms with Crippen LogP contribution in [0, 0.1) is 0 Å². The summed E-state index contributed by atoms with van der Waals surface area (Å²) in [7, 11) is 2.12. The number of nitrogens with zero attached hydrogens (tertiary/aromatic N) is 1. The molecule has 0 bridgehead atoms. The minimum absolute atomic E-state index is 0.451. The van der Waals surface area contributed by atoms with E-state index >= 15 is 0 Å². The predicted octanol–water partition coefficient (Wildman–Crippen LogP) is 2.27. The summed E-state index contributed by atoms with van der Waals surface area (Å²) in [6.45, 7) is 3.91. The van der Waals surface area contributed by atoms with Crippen molar-refractivity contribution >= 4 is 15.9 Å². The highest BCUT2D eigenvalue weighted by Crippen LogP contribution is 2.16. The van der Waals surface area contributed by atoms with E-state index in [0.29, 0.717) is 12.6 Å². The number of hydrogen-bond donors (Lipinski definition) is 1. The van der Waals surface area contributed by atoms with Crippen LogP contribution in [0.25, 0.3) is 0 Å². The minimum Gasteiger partial charge on any atom is -0.329 e. The van der Waals surface area contributed by atoms with Gasteiger partial charge in [0.25, 0.3) is 0 Å². The second kappa shape index (κ2) is 6.26. The van der Waals surface area contributed by atoms with Gasteiger partial charge in [-0.3, -0.25) is 0 Å². The first-order chi connectivity index (χ1) is 7.15. The molecule has 0 spiro atoms. The lowest BCUT2D eigenvalue weighted by atomic mass is 10.1. The molecule has 0 saturated heterocycles. The van der Waals surface area contributed by atoms with Crippen LogP contribution in [0.5, 0.6) is 0 Å². The number of hydrogen-bond acceptors (Lipinski definition) is 2. The molecule has 1 aromatic rings. The largest absolute Gasteiger partial charge is 0.329 e. The van der Waals surface area contributed by atoms with Crippen molar-refractivity contribution in [3.05, 3.63) is 34.3 Å². The normalized spacial score (nSPS) is 13.1. The Labute approximate surface area is 101 Å². The molecule has 0 radical (unpaired) electrons. The van der Waals surface area contributed by atoms with Crippen LogP contribution in [0.15, 0.2) is 28.7 Å². The van der Waals surface area contributed by atoms with Gasteiger partial charge in [0.05, 0.1) is 0 Å². The highest BCUT2D eigenvalue weighted by atomic mass is 79.9. The molecule has 84 valence electrons. The molecule has 1 aromatic carbocycles. The van der Waals surface area contributed by atoms with Crippen molar-refractivity contribution in [2.75, 3.05) is 20.1 Å². The Kier molecular flexibility index (Phi) is 5.29. The van der Waals surface area contributed by atoms with Crippen LogP contribution in [0.2, 0.25) is 0 Å². The Morgan fingerprint density at radius 3 is 2.67 bits per heavy atom. The molecule has 0 aliphatic heterocycles.